The number of amides is 1. The van der Waals surface area contributed by atoms with Crippen molar-refractivity contribution < 1.29 is 4.79 Å². The highest BCUT2D eigenvalue weighted by Gasteiger charge is 2.32. The lowest BCUT2D eigenvalue weighted by Crippen LogP contribution is -2.38. The predicted octanol–water partition coefficient (Wildman–Crippen LogP) is 2.59. The first-order valence-electron chi connectivity index (χ1n) is 8.50. The zero-order chi connectivity index (χ0) is 17.2. The Morgan fingerprint density at radius 3 is 2.56 bits per heavy atom. The van der Waals surface area contributed by atoms with E-state index in [-0.39, 0.29) is 24.1 Å². The van der Waals surface area contributed by atoms with Crippen LogP contribution in [0.2, 0.25) is 0 Å². The van der Waals surface area contributed by atoms with Gasteiger partial charge in [0.15, 0.2) is 0 Å². The Hall–Kier alpha value is -2.95. The van der Waals surface area contributed by atoms with Crippen molar-refractivity contribution in [2.75, 3.05) is 0 Å². The summed E-state index contributed by atoms with van der Waals surface area (Å²) in [6.07, 6.45) is 3.69. The van der Waals surface area contributed by atoms with Crippen molar-refractivity contribution in [3.05, 3.63) is 76.7 Å². The predicted molar refractivity (Wildman–Crippen MR) is 96.0 cm³/mol. The van der Waals surface area contributed by atoms with Gasteiger partial charge in [-0.15, -0.1) is 0 Å². The van der Waals surface area contributed by atoms with Crippen molar-refractivity contribution in [3.63, 3.8) is 0 Å². The van der Waals surface area contributed by atoms with Gasteiger partial charge in [0.1, 0.15) is 6.54 Å². The van der Waals surface area contributed by atoms with Crippen LogP contribution in [-0.4, -0.2) is 26.6 Å². The van der Waals surface area contributed by atoms with E-state index >= 15 is 0 Å². The molecule has 0 bridgehead atoms. The van der Waals surface area contributed by atoms with Crippen LogP contribution in [0.3, 0.4) is 0 Å². The molecule has 0 saturated heterocycles. The summed E-state index contributed by atoms with van der Waals surface area (Å²) in [5.74, 6) is -0.0590. The second-order valence-electron chi connectivity index (χ2n) is 6.43. The summed E-state index contributed by atoms with van der Waals surface area (Å²) < 4.78 is 1.27. The number of rotatable bonds is 5. The number of aromatic nitrogens is 2. The smallest absolute Gasteiger partial charge is 0.275 e. The van der Waals surface area contributed by atoms with Gasteiger partial charge in [-0.05, 0) is 24.5 Å². The van der Waals surface area contributed by atoms with Gasteiger partial charge in [-0.2, -0.15) is 5.10 Å². The van der Waals surface area contributed by atoms with Crippen molar-refractivity contribution in [2.45, 2.75) is 32.0 Å². The minimum atomic E-state index is -0.220. The second kappa shape index (κ2) is 6.51. The van der Waals surface area contributed by atoms with Crippen LogP contribution in [0.25, 0.3) is 10.8 Å². The lowest BCUT2D eigenvalue weighted by Gasteiger charge is -2.22. The Labute approximate surface area is 145 Å². The molecule has 1 aromatic heterocycles. The number of carbonyl (C=O) groups excluding carboxylic acids is 1. The highest BCUT2D eigenvalue weighted by Crippen LogP contribution is 2.28. The van der Waals surface area contributed by atoms with Crippen molar-refractivity contribution in [1.82, 2.24) is 14.7 Å². The van der Waals surface area contributed by atoms with Crippen LogP contribution in [0.15, 0.2) is 65.6 Å². The average molecular weight is 333 g/mol. The van der Waals surface area contributed by atoms with E-state index in [0.29, 0.717) is 11.9 Å². The Kier molecular flexibility index (Phi) is 4.06. The fourth-order valence-electron chi connectivity index (χ4n) is 3.05. The van der Waals surface area contributed by atoms with Crippen molar-refractivity contribution in [1.29, 1.82) is 0 Å². The molecule has 2 aromatic carbocycles. The quantitative estimate of drug-likeness (QED) is 0.721. The summed E-state index contributed by atoms with van der Waals surface area (Å²) in [5, 5.41) is 5.55. The van der Waals surface area contributed by atoms with Gasteiger partial charge < -0.3 is 4.90 Å². The molecule has 0 spiro atoms. The SMILES string of the molecule is O=C(Cn1ncc2ccccc2c1=O)N(Cc1ccccc1)C1CC1. The third-order valence-corrected chi connectivity index (χ3v) is 4.55. The average Bonchev–Trinajstić information content (AvgIpc) is 3.48. The van der Waals surface area contributed by atoms with Crippen LogP contribution in [0.4, 0.5) is 0 Å². The van der Waals surface area contributed by atoms with Crippen LogP contribution in [-0.2, 0) is 17.9 Å². The second-order valence-corrected chi connectivity index (χ2v) is 6.43. The summed E-state index contributed by atoms with van der Waals surface area (Å²) in [6.45, 7) is 0.555. The van der Waals surface area contributed by atoms with Gasteiger partial charge in [0, 0.05) is 18.0 Å². The van der Waals surface area contributed by atoms with Gasteiger partial charge in [0.2, 0.25) is 5.91 Å². The van der Waals surface area contributed by atoms with E-state index in [1.807, 2.05) is 53.4 Å². The molecule has 126 valence electrons. The lowest BCUT2D eigenvalue weighted by atomic mass is 10.2. The molecule has 0 aliphatic heterocycles. The first-order valence-corrected chi connectivity index (χ1v) is 8.50. The molecule has 1 aliphatic carbocycles. The summed E-state index contributed by atoms with van der Waals surface area (Å²) >= 11 is 0. The summed E-state index contributed by atoms with van der Waals surface area (Å²) in [5.41, 5.74) is 0.878. The van der Waals surface area contributed by atoms with Crippen molar-refractivity contribution in [2.24, 2.45) is 0 Å². The van der Waals surface area contributed by atoms with Crippen LogP contribution in [0.5, 0.6) is 0 Å². The molecule has 0 N–H and O–H groups in total. The maximum absolute atomic E-state index is 12.8. The van der Waals surface area contributed by atoms with Gasteiger partial charge in [-0.1, -0.05) is 48.5 Å². The normalized spacial score (nSPS) is 13.8. The Morgan fingerprint density at radius 1 is 1.08 bits per heavy atom. The van der Waals surface area contributed by atoms with E-state index in [1.165, 1.54) is 4.68 Å². The van der Waals surface area contributed by atoms with Gasteiger partial charge in [0.25, 0.3) is 5.56 Å². The summed E-state index contributed by atoms with van der Waals surface area (Å²) in [4.78, 5) is 27.2. The third-order valence-electron chi connectivity index (χ3n) is 4.55. The number of carbonyl (C=O) groups is 1. The number of hydrogen-bond donors (Lipinski definition) is 0. The van der Waals surface area contributed by atoms with Gasteiger partial charge in [-0.3, -0.25) is 9.59 Å². The largest absolute Gasteiger partial charge is 0.334 e. The Balaban J connectivity index is 1.57. The molecule has 5 nitrogen and oxygen atoms in total. The van der Waals surface area contributed by atoms with E-state index in [4.69, 9.17) is 0 Å². The molecule has 1 heterocycles. The molecular weight excluding hydrogens is 314 g/mol. The van der Waals surface area contributed by atoms with Crippen LogP contribution < -0.4 is 5.56 Å². The zero-order valence-corrected chi connectivity index (χ0v) is 13.8. The van der Waals surface area contributed by atoms with E-state index in [9.17, 15) is 9.59 Å². The molecular formula is C20H19N3O2. The monoisotopic (exact) mass is 333 g/mol. The third kappa shape index (κ3) is 3.31. The van der Waals surface area contributed by atoms with E-state index < -0.39 is 0 Å². The number of benzene rings is 2. The summed E-state index contributed by atoms with van der Waals surface area (Å²) in [7, 11) is 0. The molecule has 25 heavy (non-hydrogen) atoms. The van der Waals surface area contributed by atoms with Gasteiger partial charge in [-0.25, -0.2) is 4.68 Å². The molecule has 0 atom stereocenters. The molecule has 5 heteroatoms. The standard InChI is InChI=1S/C20H19N3O2/c24-19(22(17-10-11-17)13-15-6-2-1-3-7-15)14-23-20(25)18-9-5-4-8-16(18)12-21-23/h1-9,12,17H,10-11,13-14H2. The highest BCUT2D eigenvalue weighted by atomic mass is 16.2. The van der Waals surface area contributed by atoms with Gasteiger partial charge >= 0.3 is 0 Å². The maximum atomic E-state index is 12.8. The van der Waals surface area contributed by atoms with E-state index in [0.717, 1.165) is 23.8 Å². The minimum absolute atomic E-state index is 0.0208. The Morgan fingerprint density at radius 2 is 1.80 bits per heavy atom. The topological polar surface area (TPSA) is 55.2 Å². The summed E-state index contributed by atoms with van der Waals surface area (Å²) in [6, 6.07) is 17.5. The van der Waals surface area contributed by atoms with E-state index in [2.05, 4.69) is 5.10 Å². The minimum Gasteiger partial charge on any atom is -0.334 e. The van der Waals surface area contributed by atoms with Crippen molar-refractivity contribution in [3.8, 4) is 0 Å². The molecule has 1 fully saturated rings. The van der Waals surface area contributed by atoms with Crippen LogP contribution >= 0.6 is 0 Å². The molecule has 3 aromatic rings. The first-order chi connectivity index (χ1) is 12.2. The number of hydrogen-bond acceptors (Lipinski definition) is 3. The maximum Gasteiger partial charge on any atom is 0.275 e. The van der Waals surface area contributed by atoms with Crippen molar-refractivity contribution >= 4 is 16.7 Å². The van der Waals surface area contributed by atoms with Crippen LogP contribution in [0, 0.1) is 0 Å². The van der Waals surface area contributed by atoms with E-state index in [1.54, 1.807) is 12.3 Å². The molecule has 0 unspecified atom stereocenters. The Bertz CT molecular complexity index is 961. The molecule has 1 aliphatic rings. The first kappa shape index (κ1) is 15.6. The van der Waals surface area contributed by atoms with Gasteiger partial charge in [0.05, 0.1) is 11.6 Å². The fraction of sp³-hybridized carbons (Fsp3) is 0.250. The number of fused-ring (bicyclic) bond motifs is 1. The molecule has 1 amide bonds. The lowest BCUT2D eigenvalue weighted by molar-refractivity contribution is -0.133. The van der Waals surface area contributed by atoms with Crippen LogP contribution in [0.1, 0.15) is 18.4 Å². The molecule has 0 radical (unpaired) electrons. The number of nitrogens with zero attached hydrogens (tertiary/aromatic N) is 3. The molecule has 4 rings (SSSR count). The molecule has 1 saturated carbocycles. The zero-order valence-electron chi connectivity index (χ0n) is 13.8. The highest BCUT2D eigenvalue weighted by molar-refractivity contribution is 5.81. The fourth-order valence-corrected chi connectivity index (χ4v) is 3.05.